The molecule has 0 N–H and O–H groups in total. The SMILES string of the molecule is C[C@@H](CC(=O)OC(C)(C)C)Cn1nnc(-c2ccc(Oc3ncc(Cl)cc3F)cc2)n1. The Hall–Kier alpha value is -3.07. The number of nitrogens with zero attached hydrogens (tertiary/aromatic N) is 5. The van der Waals surface area contributed by atoms with Crippen LogP contribution in [0.5, 0.6) is 11.6 Å². The van der Waals surface area contributed by atoms with E-state index in [4.69, 9.17) is 21.1 Å². The number of tetrazole rings is 1. The maximum atomic E-state index is 13.8. The number of carbonyl (C=O) groups excluding carboxylic acids is 1. The molecule has 1 atom stereocenters. The molecular formula is C21H23ClFN5O3. The largest absolute Gasteiger partial charge is 0.460 e. The second-order valence-corrected chi connectivity index (χ2v) is 8.57. The summed E-state index contributed by atoms with van der Waals surface area (Å²) in [5.41, 5.74) is 0.198. The van der Waals surface area contributed by atoms with E-state index in [9.17, 15) is 9.18 Å². The molecule has 8 nitrogen and oxygen atoms in total. The van der Waals surface area contributed by atoms with Crippen LogP contribution in [0.2, 0.25) is 5.02 Å². The Labute approximate surface area is 184 Å². The second kappa shape index (κ2) is 9.38. The van der Waals surface area contributed by atoms with E-state index in [0.717, 1.165) is 6.07 Å². The first-order chi connectivity index (χ1) is 14.6. The summed E-state index contributed by atoms with van der Waals surface area (Å²) in [6.07, 6.45) is 1.57. The lowest BCUT2D eigenvalue weighted by molar-refractivity contribution is -0.155. The molecule has 0 amide bonds. The van der Waals surface area contributed by atoms with Gasteiger partial charge < -0.3 is 9.47 Å². The van der Waals surface area contributed by atoms with Gasteiger partial charge in [-0.1, -0.05) is 18.5 Å². The molecule has 0 fully saturated rings. The van der Waals surface area contributed by atoms with E-state index >= 15 is 0 Å². The van der Waals surface area contributed by atoms with Gasteiger partial charge in [0, 0.05) is 18.2 Å². The second-order valence-electron chi connectivity index (χ2n) is 8.13. The van der Waals surface area contributed by atoms with Crippen molar-refractivity contribution in [1.82, 2.24) is 25.2 Å². The Kier molecular flexibility index (Phi) is 6.84. The van der Waals surface area contributed by atoms with Crippen LogP contribution in [0.4, 0.5) is 4.39 Å². The molecule has 0 aliphatic carbocycles. The normalized spacial score (nSPS) is 12.5. The van der Waals surface area contributed by atoms with Crippen LogP contribution in [0.1, 0.15) is 34.1 Å². The third-order valence-corrected chi connectivity index (χ3v) is 4.17. The van der Waals surface area contributed by atoms with Crippen molar-refractivity contribution < 1.29 is 18.7 Å². The highest BCUT2D eigenvalue weighted by Gasteiger charge is 2.19. The molecule has 0 aliphatic rings. The van der Waals surface area contributed by atoms with Gasteiger partial charge in [0.05, 0.1) is 11.6 Å². The Bertz CT molecular complexity index is 1050. The van der Waals surface area contributed by atoms with Gasteiger partial charge in [0.1, 0.15) is 11.4 Å². The van der Waals surface area contributed by atoms with Crippen molar-refractivity contribution in [3.05, 3.63) is 47.4 Å². The number of hydrogen-bond acceptors (Lipinski definition) is 7. The summed E-state index contributed by atoms with van der Waals surface area (Å²) < 4.78 is 24.6. The van der Waals surface area contributed by atoms with Crippen LogP contribution in [-0.4, -0.2) is 36.8 Å². The monoisotopic (exact) mass is 447 g/mol. The number of benzene rings is 1. The van der Waals surface area contributed by atoms with Crippen molar-refractivity contribution in [2.24, 2.45) is 5.92 Å². The van der Waals surface area contributed by atoms with Crippen molar-refractivity contribution in [1.29, 1.82) is 0 Å². The van der Waals surface area contributed by atoms with E-state index in [-0.39, 0.29) is 29.2 Å². The molecule has 3 aromatic rings. The fraction of sp³-hybridized carbons (Fsp3) is 0.381. The van der Waals surface area contributed by atoms with Gasteiger partial charge in [-0.3, -0.25) is 4.79 Å². The number of rotatable bonds is 7. The molecule has 0 spiro atoms. The molecule has 31 heavy (non-hydrogen) atoms. The van der Waals surface area contributed by atoms with Gasteiger partial charge in [-0.2, -0.15) is 4.80 Å². The van der Waals surface area contributed by atoms with E-state index in [1.807, 2.05) is 27.7 Å². The molecule has 0 unspecified atom stereocenters. The van der Waals surface area contributed by atoms with Crippen LogP contribution in [0, 0.1) is 11.7 Å². The molecule has 0 radical (unpaired) electrons. The number of esters is 1. The van der Waals surface area contributed by atoms with Crippen LogP contribution in [0.15, 0.2) is 36.5 Å². The first-order valence-electron chi connectivity index (χ1n) is 9.68. The van der Waals surface area contributed by atoms with Crippen molar-refractivity contribution >= 4 is 17.6 Å². The lowest BCUT2D eigenvalue weighted by atomic mass is 10.1. The standard InChI is InChI=1S/C21H23ClFN5O3/c1-13(9-18(29)31-21(2,3)4)12-28-26-19(25-27-28)14-5-7-16(8-6-14)30-20-17(23)10-15(22)11-24-20/h5-8,10-11,13H,9,12H2,1-4H3/t13-/m0/s1. The first-order valence-corrected chi connectivity index (χ1v) is 10.1. The highest BCUT2D eigenvalue weighted by Crippen LogP contribution is 2.26. The minimum absolute atomic E-state index is 0.0190. The maximum absolute atomic E-state index is 13.8. The third-order valence-electron chi connectivity index (χ3n) is 3.96. The Morgan fingerprint density at radius 2 is 1.97 bits per heavy atom. The van der Waals surface area contributed by atoms with E-state index in [1.165, 1.54) is 11.0 Å². The highest BCUT2D eigenvalue weighted by molar-refractivity contribution is 6.30. The van der Waals surface area contributed by atoms with Gasteiger partial charge in [0.25, 0.3) is 5.88 Å². The van der Waals surface area contributed by atoms with E-state index in [0.29, 0.717) is 23.7 Å². The molecule has 10 heteroatoms. The quantitative estimate of drug-likeness (QED) is 0.485. The molecule has 2 aromatic heterocycles. The summed E-state index contributed by atoms with van der Waals surface area (Å²) in [6.45, 7) is 7.84. The van der Waals surface area contributed by atoms with Crippen LogP contribution in [0.3, 0.4) is 0 Å². The number of carbonyl (C=O) groups is 1. The molecule has 0 saturated heterocycles. The van der Waals surface area contributed by atoms with E-state index < -0.39 is 11.4 Å². The van der Waals surface area contributed by atoms with Gasteiger partial charge >= 0.3 is 5.97 Å². The summed E-state index contributed by atoms with van der Waals surface area (Å²) in [5, 5.41) is 12.6. The summed E-state index contributed by atoms with van der Waals surface area (Å²) in [6, 6.07) is 7.89. The van der Waals surface area contributed by atoms with Crippen molar-refractivity contribution in [2.75, 3.05) is 0 Å². The van der Waals surface area contributed by atoms with Crippen molar-refractivity contribution in [2.45, 2.75) is 46.3 Å². The molecule has 0 aliphatic heterocycles. The molecule has 0 saturated carbocycles. The average molecular weight is 448 g/mol. The Balaban J connectivity index is 1.60. The van der Waals surface area contributed by atoms with Crippen molar-refractivity contribution in [3.63, 3.8) is 0 Å². The molecule has 2 heterocycles. The van der Waals surface area contributed by atoms with Crippen LogP contribution < -0.4 is 4.74 Å². The van der Waals surface area contributed by atoms with Gasteiger partial charge in [-0.25, -0.2) is 9.37 Å². The summed E-state index contributed by atoms with van der Waals surface area (Å²) in [7, 11) is 0. The summed E-state index contributed by atoms with van der Waals surface area (Å²) >= 11 is 5.69. The molecule has 164 valence electrons. The topological polar surface area (TPSA) is 92.0 Å². The zero-order valence-corrected chi connectivity index (χ0v) is 18.4. The number of aromatic nitrogens is 5. The Morgan fingerprint density at radius 3 is 2.61 bits per heavy atom. The molecular weight excluding hydrogens is 425 g/mol. The van der Waals surface area contributed by atoms with E-state index in [1.54, 1.807) is 24.3 Å². The van der Waals surface area contributed by atoms with Gasteiger partial charge in [0.2, 0.25) is 5.82 Å². The first kappa shape index (κ1) is 22.6. The zero-order chi connectivity index (χ0) is 22.6. The van der Waals surface area contributed by atoms with Gasteiger partial charge in [-0.15, -0.1) is 10.2 Å². The average Bonchev–Trinajstić information content (AvgIpc) is 3.11. The zero-order valence-electron chi connectivity index (χ0n) is 17.7. The number of halogens is 2. The van der Waals surface area contributed by atoms with Gasteiger partial charge in [-0.05, 0) is 62.2 Å². The van der Waals surface area contributed by atoms with Crippen LogP contribution in [-0.2, 0) is 16.1 Å². The summed E-state index contributed by atoms with van der Waals surface area (Å²) in [4.78, 5) is 17.2. The molecule has 3 rings (SSSR count). The summed E-state index contributed by atoms with van der Waals surface area (Å²) in [5.74, 6) is -0.276. The lowest BCUT2D eigenvalue weighted by Crippen LogP contribution is -2.25. The van der Waals surface area contributed by atoms with Crippen LogP contribution in [0.25, 0.3) is 11.4 Å². The minimum Gasteiger partial charge on any atom is -0.460 e. The lowest BCUT2D eigenvalue weighted by Gasteiger charge is -2.20. The van der Waals surface area contributed by atoms with Crippen molar-refractivity contribution in [3.8, 4) is 23.0 Å². The fourth-order valence-corrected chi connectivity index (χ4v) is 2.85. The maximum Gasteiger partial charge on any atom is 0.306 e. The van der Waals surface area contributed by atoms with E-state index in [2.05, 4.69) is 20.4 Å². The smallest absolute Gasteiger partial charge is 0.306 e. The fourth-order valence-electron chi connectivity index (χ4n) is 2.71. The number of pyridine rings is 1. The third kappa shape index (κ3) is 6.71. The predicted molar refractivity (Wildman–Crippen MR) is 112 cm³/mol. The van der Waals surface area contributed by atoms with Gasteiger partial charge in [0.15, 0.2) is 5.82 Å². The minimum atomic E-state index is -0.651. The molecule has 0 bridgehead atoms. The number of ether oxygens (including phenoxy) is 2. The number of hydrogen-bond donors (Lipinski definition) is 0. The van der Waals surface area contributed by atoms with Crippen LogP contribution >= 0.6 is 11.6 Å². The molecule has 1 aromatic carbocycles. The Morgan fingerprint density at radius 1 is 1.26 bits per heavy atom. The highest BCUT2D eigenvalue weighted by atomic mass is 35.5. The predicted octanol–water partition coefficient (Wildman–Crippen LogP) is 4.69.